The lowest BCUT2D eigenvalue weighted by Crippen LogP contribution is -2.41. The van der Waals surface area contributed by atoms with Gasteiger partial charge in [0.2, 0.25) is 15.9 Å². The van der Waals surface area contributed by atoms with Crippen LogP contribution in [0.4, 0.5) is 5.69 Å². The normalized spacial score (nSPS) is 12.5. The van der Waals surface area contributed by atoms with Gasteiger partial charge in [0.1, 0.15) is 6.54 Å². The van der Waals surface area contributed by atoms with Gasteiger partial charge in [0.25, 0.3) is 0 Å². The van der Waals surface area contributed by atoms with E-state index in [0.29, 0.717) is 5.02 Å². The fourth-order valence-electron chi connectivity index (χ4n) is 2.59. The van der Waals surface area contributed by atoms with Crippen LogP contribution in [0.1, 0.15) is 29.7 Å². The van der Waals surface area contributed by atoms with Gasteiger partial charge in [-0.3, -0.25) is 9.10 Å². The lowest BCUT2D eigenvalue weighted by molar-refractivity contribution is -0.120. The Bertz CT molecular complexity index is 961. The third-order valence-electron chi connectivity index (χ3n) is 4.27. The first-order valence-corrected chi connectivity index (χ1v) is 10.9. The van der Waals surface area contributed by atoms with Crippen LogP contribution in [0.15, 0.2) is 36.4 Å². The Morgan fingerprint density at radius 2 is 1.78 bits per heavy atom. The van der Waals surface area contributed by atoms with Crippen molar-refractivity contribution in [2.24, 2.45) is 0 Å². The van der Waals surface area contributed by atoms with Gasteiger partial charge in [-0.2, -0.15) is 0 Å². The topological polar surface area (TPSA) is 66.5 Å². The van der Waals surface area contributed by atoms with Crippen molar-refractivity contribution in [2.75, 3.05) is 17.1 Å². The first-order valence-electron chi connectivity index (χ1n) is 8.28. The van der Waals surface area contributed by atoms with E-state index in [0.717, 1.165) is 27.3 Å². The van der Waals surface area contributed by atoms with Gasteiger partial charge in [-0.05, 0) is 55.7 Å². The molecule has 0 unspecified atom stereocenters. The van der Waals surface area contributed by atoms with Crippen molar-refractivity contribution in [3.8, 4) is 0 Å². The molecule has 0 bridgehead atoms. The summed E-state index contributed by atoms with van der Waals surface area (Å²) in [6, 6.07) is 10.1. The van der Waals surface area contributed by atoms with Crippen molar-refractivity contribution < 1.29 is 13.2 Å². The van der Waals surface area contributed by atoms with Crippen LogP contribution in [0.5, 0.6) is 0 Å². The van der Waals surface area contributed by atoms with Crippen molar-refractivity contribution in [3.63, 3.8) is 0 Å². The van der Waals surface area contributed by atoms with Gasteiger partial charge in [0, 0.05) is 5.02 Å². The van der Waals surface area contributed by atoms with E-state index in [1.54, 1.807) is 6.07 Å². The van der Waals surface area contributed by atoms with E-state index in [4.69, 9.17) is 23.2 Å². The second-order valence-electron chi connectivity index (χ2n) is 6.50. The molecule has 0 aliphatic rings. The zero-order valence-corrected chi connectivity index (χ0v) is 17.9. The summed E-state index contributed by atoms with van der Waals surface area (Å²) in [5, 5.41) is 3.35. The molecule has 8 heteroatoms. The lowest BCUT2D eigenvalue weighted by atomic mass is 10.0. The van der Waals surface area contributed by atoms with Gasteiger partial charge >= 0.3 is 0 Å². The number of anilines is 1. The molecular formula is C19H22Cl2N2O3S. The summed E-state index contributed by atoms with van der Waals surface area (Å²) in [6.07, 6.45) is 1.02. The minimum absolute atomic E-state index is 0.167. The Balaban J connectivity index is 2.21. The highest BCUT2D eigenvalue weighted by atomic mass is 35.5. The first-order chi connectivity index (χ1) is 12.5. The van der Waals surface area contributed by atoms with Crippen LogP contribution in [0.3, 0.4) is 0 Å². The summed E-state index contributed by atoms with van der Waals surface area (Å²) in [5.41, 5.74) is 3.40. The van der Waals surface area contributed by atoms with Crippen molar-refractivity contribution >= 4 is 44.8 Å². The van der Waals surface area contributed by atoms with Crippen LogP contribution in [-0.4, -0.2) is 27.1 Å². The van der Waals surface area contributed by atoms with Crippen molar-refractivity contribution in [1.29, 1.82) is 0 Å². The van der Waals surface area contributed by atoms with E-state index in [-0.39, 0.29) is 16.8 Å². The molecular weight excluding hydrogens is 407 g/mol. The number of hydrogen-bond acceptors (Lipinski definition) is 3. The van der Waals surface area contributed by atoms with Gasteiger partial charge in [-0.1, -0.05) is 41.4 Å². The highest BCUT2D eigenvalue weighted by Crippen LogP contribution is 2.30. The third-order valence-corrected chi connectivity index (χ3v) is 5.95. The number of hydrogen-bond donors (Lipinski definition) is 1. The average Bonchev–Trinajstić information content (AvgIpc) is 2.56. The molecule has 5 nitrogen and oxygen atoms in total. The van der Waals surface area contributed by atoms with Gasteiger partial charge in [0.15, 0.2) is 0 Å². The molecule has 146 valence electrons. The quantitative estimate of drug-likeness (QED) is 0.747. The summed E-state index contributed by atoms with van der Waals surface area (Å²) < 4.78 is 25.4. The van der Waals surface area contributed by atoms with Gasteiger partial charge in [-0.25, -0.2) is 8.42 Å². The molecule has 0 spiro atoms. The molecule has 1 atom stereocenters. The Kier molecular flexibility index (Phi) is 6.78. The van der Waals surface area contributed by atoms with E-state index < -0.39 is 22.5 Å². The fourth-order valence-corrected chi connectivity index (χ4v) is 3.89. The summed E-state index contributed by atoms with van der Waals surface area (Å²) in [7, 11) is -3.74. The third kappa shape index (κ3) is 5.61. The summed E-state index contributed by atoms with van der Waals surface area (Å²) in [5.74, 6) is -0.442. The minimum Gasteiger partial charge on any atom is -0.348 e. The summed E-state index contributed by atoms with van der Waals surface area (Å²) in [6.45, 7) is 5.47. The minimum atomic E-state index is -3.74. The van der Waals surface area contributed by atoms with E-state index in [9.17, 15) is 13.2 Å². The molecule has 0 fully saturated rings. The predicted octanol–water partition coefficient (Wildman–Crippen LogP) is 4.25. The number of benzene rings is 2. The zero-order valence-electron chi connectivity index (χ0n) is 15.6. The largest absolute Gasteiger partial charge is 0.348 e. The van der Waals surface area contributed by atoms with Crippen LogP contribution in [0.2, 0.25) is 10.0 Å². The van der Waals surface area contributed by atoms with Crippen molar-refractivity contribution in [1.82, 2.24) is 5.32 Å². The monoisotopic (exact) mass is 428 g/mol. The van der Waals surface area contributed by atoms with E-state index in [1.807, 2.05) is 39.0 Å². The summed E-state index contributed by atoms with van der Waals surface area (Å²) >= 11 is 12.1. The Hall–Kier alpha value is -1.76. The second kappa shape index (κ2) is 8.50. The molecule has 0 radical (unpaired) electrons. The van der Waals surface area contributed by atoms with Crippen molar-refractivity contribution in [3.05, 3.63) is 63.1 Å². The van der Waals surface area contributed by atoms with Crippen LogP contribution in [0.25, 0.3) is 0 Å². The SMILES string of the molecule is Cc1ccc([C@H](C)NC(=O)CN(c2cc(Cl)ccc2Cl)S(C)(=O)=O)cc1C. The number of carbonyl (C=O) groups is 1. The smallest absolute Gasteiger partial charge is 0.241 e. The molecule has 0 aliphatic heterocycles. The number of amides is 1. The molecule has 0 aliphatic carbocycles. The van der Waals surface area contributed by atoms with Gasteiger partial charge in [-0.15, -0.1) is 0 Å². The second-order valence-corrected chi connectivity index (χ2v) is 9.25. The van der Waals surface area contributed by atoms with Crippen LogP contribution in [0, 0.1) is 13.8 Å². The predicted molar refractivity (Wildman–Crippen MR) is 111 cm³/mol. The fraction of sp³-hybridized carbons (Fsp3) is 0.316. The lowest BCUT2D eigenvalue weighted by Gasteiger charge is -2.24. The van der Waals surface area contributed by atoms with Crippen LogP contribution < -0.4 is 9.62 Å². The number of nitrogens with zero attached hydrogens (tertiary/aromatic N) is 1. The van der Waals surface area contributed by atoms with Gasteiger partial charge in [0.05, 0.1) is 23.0 Å². The first kappa shape index (κ1) is 21.5. The highest BCUT2D eigenvalue weighted by Gasteiger charge is 2.24. The standard InChI is InChI=1S/C19H22Cl2N2O3S/c1-12-5-6-15(9-13(12)2)14(3)22-19(24)11-23(27(4,25)26)18-10-16(20)7-8-17(18)21/h5-10,14H,11H2,1-4H3,(H,22,24)/t14-/m0/s1. The number of rotatable bonds is 6. The molecule has 27 heavy (non-hydrogen) atoms. The zero-order chi connectivity index (χ0) is 20.4. The maximum Gasteiger partial charge on any atom is 0.241 e. The van der Waals surface area contributed by atoms with Crippen molar-refractivity contribution in [2.45, 2.75) is 26.8 Å². The number of nitrogens with one attached hydrogen (secondary N) is 1. The number of sulfonamides is 1. The molecule has 2 rings (SSSR count). The number of aryl methyl sites for hydroxylation is 2. The van der Waals surface area contributed by atoms with E-state index in [2.05, 4.69) is 5.32 Å². The molecule has 0 saturated carbocycles. The average molecular weight is 429 g/mol. The highest BCUT2D eigenvalue weighted by molar-refractivity contribution is 7.92. The molecule has 2 aromatic rings. The number of halogens is 2. The molecule has 1 N–H and O–H groups in total. The Labute approximate surface area is 170 Å². The molecule has 0 saturated heterocycles. The van der Waals surface area contributed by atoms with E-state index >= 15 is 0 Å². The van der Waals surface area contributed by atoms with Crippen LogP contribution in [-0.2, 0) is 14.8 Å². The molecule has 1 amide bonds. The van der Waals surface area contributed by atoms with Crippen LogP contribution >= 0.6 is 23.2 Å². The molecule has 2 aromatic carbocycles. The molecule has 0 aromatic heterocycles. The van der Waals surface area contributed by atoms with E-state index in [1.165, 1.54) is 12.1 Å². The number of carbonyl (C=O) groups excluding carboxylic acids is 1. The Morgan fingerprint density at radius 3 is 2.37 bits per heavy atom. The summed E-state index contributed by atoms with van der Waals surface area (Å²) in [4.78, 5) is 12.5. The molecule has 0 heterocycles. The Morgan fingerprint density at radius 1 is 1.11 bits per heavy atom. The van der Waals surface area contributed by atoms with Gasteiger partial charge < -0.3 is 5.32 Å². The maximum absolute atomic E-state index is 12.5. The maximum atomic E-state index is 12.5.